The van der Waals surface area contributed by atoms with Crippen LogP contribution in [0, 0.1) is 0 Å². The molecule has 2 nitrogen and oxygen atoms in total. The van der Waals surface area contributed by atoms with Crippen LogP contribution in [-0.4, -0.2) is 4.98 Å². The van der Waals surface area contributed by atoms with Gasteiger partial charge < -0.3 is 4.42 Å². The van der Waals surface area contributed by atoms with Crippen molar-refractivity contribution in [1.29, 1.82) is 0 Å². The van der Waals surface area contributed by atoms with Crippen LogP contribution in [0.25, 0.3) is 0 Å². The highest BCUT2D eigenvalue weighted by atomic mass is 79.9. The largest absolute Gasteiger partial charge is 0.434 e. The Morgan fingerprint density at radius 1 is 1.67 bits per heavy atom. The van der Waals surface area contributed by atoms with Crippen molar-refractivity contribution in [1.82, 2.24) is 4.98 Å². The van der Waals surface area contributed by atoms with Crippen molar-refractivity contribution >= 4 is 15.9 Å². The van der Waals surface area contributed by atoms with E-state index in [0.29, 0.717) is 5.92 Å². The highest BCUT2D eigenvalue weighted by Crippen LogP contribution is 2.39. The number of hydrogen-bond acceptors (Lipinski definition) is 2. The third-order valence-corrected chi connectivity index (χ3v) is 1.79. The van der Waals surface area contributed by atoms with Crippen molar-refractivity contribution in [2.75, 3.05) is 0 Å². The summed E-state index contributed by atoms with van der Waals surface area (Å²) < 4.78 is 5.95. The van der Waals surface area contributed by atoms with E-state index in [1.54, 1.807) is 6.20 Å². The molecule has 0 spiro atoms. The minimum absolute atomic E-state index is 0.622. The third kappa shape index (κ3) is 1.01. The molecule has 1 aromatic heterocycles. The summed E-state index contributed by atoms with van der Waals surface area (Å²) in [5, 5.41) is 0. The summed E-state index contributed by atoms with van der Waals surface area (Å²) in [6.45, 7) is 0. The molecule has 3 heteroatoms. The number of hydrogen-bond donors (Lipinski definition) is 0. The summed E-state index contributed by atoms with van der Waals surface area (Å²) in [5.74, 6) is 1.51. The van der Waals surface area contributed by atoms with Gasteiger partial charge in [0.05, 0.1) is 6.20 Å². The Bertz CT molecular complexity index is 217. The number of oxazole rings is 1. The lowest BCUT2D eigenvalue weighted by atomic mass is 10.4. The van der Waals surface area contributed by atoms with E-state index in [1.165, 1.54) is 12.8 Å². The standard InChI is InChI=1S/C6H6BrNO/c7-5-3-8-6(9-5)4-1-2-4/h3-4H,1-2H2. The molecule has 1 aromatic rings. The van der Waals surface area contributed by atoms with Crippen molar-refractivity contribution in [3.05, 3.63) is 16.8 Å². The van der Waals surface area contributed by atoms with Gasteiger partial charge in [0.2, 0.25) is 0 Å². The van der Waals surface area contributed by atoms with Crippen LogP contribution >= 0.6 is 15.9 Å². The highest BCUT2D eigenvalue weighted by Gasteiger charge is 2.28. The van der Waals surface area contributed by atoms with Gasteiger partial charge in [-0.3, -0.25) is 0 Å². The van der Waals surface area contributed by atoms with Gasteiger partial charge in [-0.1, -0.05) is 0 Å². The average Bonchev–Trinajstić information content (AvgIpc) is 2.58. The van der Waals surface area contributed by atoms with Gasteiger partial charge in [0.15, 0.2) is 10.6 Å². The maximum Gasteiger partial charge on any atom is 0.198 e. The maximum absolute atomic E-state index is 5.21. The van der Waals surface area contributed by atoms with Gasteiger partial charge in [0, 0.05) is 5.92 Å². The number of rotatable bonds is 1. The van der Waals surface area contributed by atoms with Crippen molar-refractivity contribution in [3.8, 4) is 0 Å². The highest BCUT2D eigenvalue weighted by molar-refractivity contribution is 9.10. The Morgan fingerprint density at radius 3 is 2.89 bits per heavy atom. The predicted molar refractivity (Wildman–Crippen MR) is 36.2 cm³/mol. The first-order chi connectivity index (χ1) is 4.36. The molecule has 0 saturated heterocycles. The van der Waals surface area contributed by atoms with Crippen LogP contribution in [-0.2, 0) is 0 Å². The zero-order valence-corrected chi connectivity index (χ0v) is 6.39. The first-order valence-electron chi connectivity index (χ1n) is 2.97. The molecule has 1 aliphatic rings. The number of aromatic nitrogens is 1. The molecule has 1 heterocycles. The molecule has 2 rings (SSSR count). The summed E-state index contributed by atoms with van der Waals surface area (Å²) in [5.41, 5.74) is 0. The maximum atomic E-state index is 5.21. The topological polar surface area (TPSA) is 26.0 Å². The first-order valence-corrected chi connectivity index (χ1v) is 3.77. The average molecular weight is 188 g/mol. The fourth-order valence-corrected chi connectivity index (χ4v) is 1.05. The lowest BCUT2D eigenvalue weighted by Crippen LogP contribution is -1.73. The van der Waals surface area contributed by atoms with Gasteiger partial charge in [-0.05, 0) is 28.8 Å². The van der Waals surface area contributed by atoms with Gasteiger partial charge in [0.1, 0.15) is 0 Å². The molecule has 0 atom stereocenters. The van der Waals surface area contributed by atoms with E-state index >= 15 is 0 Å². The van der Waals surface area contributed by atoms with Crippen molar-refractivity contribution in [2.24, 2.45) is 0 Å². The van der Waals surface area contributed by atoms with Crippen molar-refractivity contribution in [3.63, 3.8) is 0 Å². The SMILES string of the molecule is Brc1cnc(C2CC2)o1. The Morgan fingerprint density at radius 2 is 2.44 bits per heavy atom. The minimum atomic E-state index is 0.622. The van der Waals surface area contributed by atoms with Gasteiger partial charge in [-0.2, -0.15) is 0 Å². The monoisotopic (exact) mass is 187 g/mol. The van der Waals surface area contributed by atoms with Gasteiger partial charge in [0.25, 0.3) is 0 Å². The van der Waals surface area contributed by atoms with Crippen molar-refractivity contribution < 1.29 is 4.42 Å². The van der Waals surface area contributed by atoms with Gasteiger partial charge in [-0.25, -0.2) is 4.98 Å². The molecule has 0 unspecified atom stereocenters. The predicted octanol–water partition coefficient (Wildman–Crippen LogP) is 2.31. The smallest absolute Gasteiger partial charge is 0.198 e. The Labute approximate surface area is 61.4 Å². The summed E-state index contributed by atoms with van der Waals surface area (Å²) >= 11 is 3.20. The van der Waals surface area contributed by atoms with Crippen LogP contribution in [0.1, 0.15) is 24.7 Å². The van der Waals surface area contributed by atoms with Crippen molar-refractivity contribution in [2.45, 2.75) is 18.8 Å². The quantitative estimate of drug-likeness (QED) is 0.675. The molecule has 48 valence electrons. The summed E-state index contributed by atoms with van der Waals surface area (Å²) in [6.07, 6.45) is 4.19. The normalized spacial score (nSPS) is 18.3. The molecule has 1 aliphatic carbocycles. The van der Waals surface area contributed by atoms with Crippen LogP contribution in [0.15, 0.2) is 15.3 Å². The lowest BCUT2D eigenvalue weighted by molar-refractivity contribution is 0.477. The number of nitrogens with zero attached hydrogens (tertiary/aromatic N) is 1. The second-order valence-electron chi connectivity index (χ2n) is 2.28. The molecule has 1 saturated carbocycles. The van der Waals surface area contributed by atoms with E-state index in [0.717, 1.165) is 10.6 Å². The number of halogens is 1. The van der Waals surface area contributed by atoms with Gasteiger partial charge >= 0.3 is 0 Å². The zero-order valence-electron chi connectivity index (χ0n) is 4.80. The fourth-order valence-electron chi connectivity index (χ4n) is 0.786. The van der Waals surface area contributed by atoms with Crippen LogP contribution in [0.5, 0.6) is 0 Å². The summed E-state index contributed by atoms with van der Waals surface area (Å²) in [4.78, 5) is 4.06. The molecular weight excluding hydrogens is 182 g/mol. The van der Waals surface area contributed by atoms with Crippen LogP contribution in [0.4, 0.5) is 0 Å². The van der Waals surface area contributed by atoms with E-state index in [-0.39, 0.29) is 0 Å². The lowest BCUT2D eigenvalue weighted by Gasteiger charge is -1.82. The Kier molecular flexibility index (Phi) is 1.12. The molecule has 0 radical (unpaired) electrons. The molecule has 0 amide bonds. The summed E-state index contributed by atoms with van der Waals surface area (Å²) in [6, 6.07) is 0. The van der Waals surface area contributed by atoms with Gasteiger partial charge in [-0.15, -0.1) is 0 Å². The molecule has 1 fully saturated rings. The van der Waals surface area contributed by atoms with E-state index in [1.807, 2.05) is 0 Å². The molecule has 0 bridgehead atoms. The van der Waals surface area contributed by atoms with Crippen LogP contribution in [0.2, 0.25) is 0 Å². The molecule has 0 aromatic carbocycles. The first kappa shape index (κ1) is 5.47. The third-order valence-electron chi connectivity index (χ3n) is 1.42. The fraction of sp³-hybridized carbons (Fsp3) is 0.500. The minimum Gasteiger partial charge on any atom is -0.434 e. The Hall–Kier alpha value is -0.310. The van der Waals surface area contributed by atoms with Crippen LogP contribution < -0.4 is 0 Å². The zero-order chi connectivity index (χ0) is 6.27. The second kappa shape index (κ2) is 1.84. The van der Waals surface area contributed by atoms with E-state index < -0.39 is 0 Å². The van der Waals surface area contributed by atoms with E-state index in [9.17, 15) is 0 Å². The summed E-state index contributed by atoms with van der Waals surface area (Å²) in [7, 11) is 0. The molecular formula is C6H6BrNO. The second-order valence-corrected chi connectivity index (χ2v) is 3.06. The molecule has 0 N–H and O–H groups in total. The van der Waals surface area contributed by atoms with Crippen LogP contribution in [0.3, 0.4) is 0 Å². The molecule has 0 aliphatic heterocycles. The van der Waals surface area contributed by atoms with E-state index in [4.69, 9.17) is 4.42 Å². The Balaban J connectivity index is 2.28. The molecule has 9 heavy (non-hydrogen) atoms. The van der Waals surface area contributed by atoms with E-state index in [2.05, 4.69) is 20.9 Å².